The van der Waals surface area contributed by atoms with Crippen molar-refractivity contribution in [3.8, 4) is 0 Å². The standard InChI is InChI=1S/C12H19NO2/c1-10-3-6-15-11(10)9-13-12(2)4-7-14-8-5-12/h3,6,13H,4-5,7-9H2,1-2H3. The monoisotopic (exact) mass is 209 g/mol. The minimum absolute atomic E-state index is 0.206. The van der Waals surface area contributed by atoms with Gasteiger partial charge in [-0.15, -0.1) is 0 Å². The van der Waals surface area contributed by atoms with Crippen LogP contribution in [-0.4, -0.2) is 18.8 Å². The van der Waals surface area contributed by atoms with Crippen molar-refractivity contribution in [2.45, 2.75) is 38.8 Å². The van der Waals surface area contributed by atoms with Crippen molar-refractivity contribution in [3.63, 3.8) is 0 Å². The lowest BCUT2D eigenvalue weighted by Crippen LogP contribution is -2.46. The summed E-state index contributed by atoms with van der Waals surface area (Å²) in [5.41, 5.74) is 1.43. The van der Waals surface area contributed by atoms with Crippen LogP contribution in [-0.2, 0) is 11.3 Å². The first-order valence-corrected chi connectivity index (χ1v) is 5.55. The van der Waals surface area contributed by atoms with Crippen LogP contribution in [0.1, 0.15) is 31.1 Å². The van der Waals surface area contributed by atoms with E-state index in [1.807, 2.05) is 6.07 Å². The van der Waals surface area contributed by atoms with Gasteiger partial charge in [0.05, 0.1) is 12.8 Å². The quantitative estimate of drug-likeness (QED) is 0.829. The smallest absolute Gasteiger partial charge is 0.120 e. The second-order valence-corrected chi connectivity index (χ2v) is 4.55. The summed E-state index contributed by atoms with van der Waals surface area (Å²) >= 11 is 0. The lowest BCUT2D eigenvalue weighted by atomic mass is 9.92. The van der Waals surface area contributed by atoms with Crippen molar-refractivity contribution in [1.82, 2.24) is 5.32 Å². The number of rotatable bonds is 3. The van der Waals surface area contributed by atoms with Crippen LogP contribution < -0.4 is 5.32 Å². The molecule has 0 spiro atoms. The Labute approximate surface area is 90.8 Å². The minimum atomic E-state index is 0.206. The number of furan rings is 1. The first-order valence-electron chi connectivity index (χ1n) is 5.55. The van der Waals surface area contributed by atoms with Crippen molar-refractivity contribution >= 4 is 0 Å². The maximum atomic E-state index is 5.41. The van der Waals surface area contributed by atoms with Crippen molar-refractivity contribution in [3.05, 3.63) is 23.7 Å². The van der Waals surface area contributed by atoms with E-state index in [-0.39, 0.29) is 5.54 Å². The summed E-state index contributed by atoms with van der Waals surface area (Å²) in [5.74, 6) is 1.04. The van der Waals surface area contributed by atoms with E-state index in [0.717, 1.165) is 38.4 Å². The third kappa shape index (κ3) is 2.61. The molecule has 1 saturated heterocycles. The average molecular weight is 209 g/mol. The molecule has 2 rings (SSSR count). The summed E-state index contributed by atoms with van der Waals surface area (Å²) < 4.78 is 10.8. The predicted molar refractivity (Wildman–Crippen MR) is 58.7 cm³/mol. The molecule has 0 aromatic carbocycles. The zero-order chi connectivity index (χ0) is 10.7. The van der Waals surface area contributed by atoms with E-state index in [0.29, 0.717) is 0 Å². The van der Waals surface area contributed by atoms with Gasteiger partial charge in [-0.05, 0) is 38.3 Å². The normalized spacial score (nSPS) is 20.4. The summed E-state index contributed by atoms with van der Waals surface area (Å²) in [6.07, 6.45) is 3.90. The highest BCUT2D eigenvalue weighted by molar-refractivity contribution is 5.14. The molecule has 1 aromatic heterocycles. The first-order chi connectivity index (χ1) is 7.20. The highest BCUT2D eigenvalue weighted by Gasteiger charge is 2.26. The fourth-order valence-corrected chi connectivity index (χ4v) is 1.88. The number of nitrogens with one attached hydrogen (secondary N) is 1. The van der Waals surface area contributed by atoms with E-state index < -0.39 is 0 Å². The summed E-state index contributed by atoms with van der Waals surface area (Å²) in [4.78, 5) is 0. The van der Waals surface area contributed by atoms with Gasteiger partial charge in [0.1, 0.15) is 5.76 Å². The number of ether oxygens (including phenoxy) is 1. The Morgan fingerprint density at radius 1 is 1.40 bits per heavy atom. The molecule has 3 nitrogen and oxygen atoms in total. The molecule has 1 aliphatic heterocycles. The van der Waals surface area contributed by atoms with E-state index in [1.54, 1.807) is 6.26 Å². The Bertz CT molecular complexity index is 313. The molecule has 1 aliphatic rings. The van der Waals surface area contributed by atoms with Gasteiger partial charge in [0.25, 0.3) is 0 Å². The Morgan fingerprint density at radius 2 is 2.13 bits per heavy atom. The van der Waals surface area contributed by atoms with Crippen molar-refractivity contribution in [2.75, 3.05) is 13.2 Å². The minimum Gasteiger partial charge on any atom is -0.468 e. The number of hydrogen-bond donors (Lipinski definition) is 1. The molecule has 0 bridgehead atoms. The zero-order valence-electron chi connectivity index (χ0n) is 9.51. The summed E-state index contributed by atoms with van der Waals surface area (Å²) in [6.45, 7) is 6.87. The van der Waals surface area contributed by atoms with Crippen LogP contribution in [0.15, 0.2) is 16.7 Å². The van der Waals surface area contributed by atoms with Crippen LogP contribution in [0.5, 0.6) is 0 Å². The Balaban J connectivity index is 1.89. The maximum Gasteiger partial charge on any atom is 0.120 e. The van der Waals surface area contributed by atoms with Gasteiger partial charge < -0.3 is 14.5 Å². The van der Waals surface area contributed by atoms with Crippen molar-refractivity contribution < 1.29 is 9.15 Å². The van der Waals surface area contributed by atoms with Gasteiger partial charge in [-0.1, -0.05) is 0 Å². The highest BCUT2D eigenvalue weighted by atomic mass is 16.5. The van der Waals surface area contributed by atoms with Crippen LogP contribution in [0.4, 0.5) is 0 Å². The fraction of sp³-hybridized carbons (Fsp3) is 0.667. The lowest BCUT2D eigenvalue weighted by Gasteiger charge is -2.34. The third-order valence-corrected chi connectivity index (χ3v) is 3.24. The van der Waals surface area contributed by atoms with Crippen molar-refractivity contribution in [1.29, 1.82) is 0 Å². The highest BCUT2D eigenvalue weighted by Crippen LogP contribution is 2.20. The van der Waals surface area contributed by atoms with Gasteiger partial charge in [-0.3, -0.25) is 0 Å². The number of aryl methyl sites for hydroxylation is 1. The van der Waals surface area contributed by atoms with E-state index >= 15 is 0 Å². The molecule has 0 amide bonds. The van der Waals surface area contributed by atoms with E-state index in [2.05, 4.69) is 19.2 Å². The van der Waals surface area contributed by atoms with Crippen LogP contribution >= 0.6 is 0 Å². The summed E-state index contributed by atoms with van der Waals surface area (Å²) in [5, 5.41) is 3.57. The molecule has 0 radical (unpaired) electrons. The predicted octanol–water partition coefficient (Wildman–Crippen LogP) is 2.25. The van der Waals surface area contributed by atoms with Gasteiger partial charge in [0.15, 0.2) is 0 Å². The molecule has 84 valence electrons. The Kier molecular flexibility index (Phi) is 3.12. The second kappa shape index (κ2) is 4.37. The Morgan fingerprint density at radius 3 is 2.73 bits per heavy atom. The molecule has 15 heavy (non-hydrogen) atoms. The summed E-state index contributed by atoms with van der Waals surface area (Å²) in [6, 6.07) is 2.00. The molecule has 0 unspecified atom stereocenters. The molecule has 0 aliphatic carbocycles. The van der Waals surface area contributed by atoms with Crippen LogP contribution in [0, 0.1) is 6.92 Å². The molecule has 0 atom stereocenters. The lowest BCUT2D eigenvalue weighted by molar-refractivity contribution is 0.0439. The van der Waals surface area contributed by atoms with Gasteiger partial charge in [0.2, 0.25) is 0 Å². The largest absolute Gasteiger partial charge is 0.468 e. The molecule has 1 fully saturated rings. The fourth-order valence-electron chi connectivity index (χ4n) is 1.88. The van der Waals surface area contributed by atoms with Crippen molar-refractivity contribution in [2.24, 2.45) is 0 Å². The van der Waals surface area contributed by atoms with Gasteiger partial charge in [-0.2, -0.15) is 0 Å². The van der Waals surface area contributed by atoms with E-state index in [4.69, 9.17) is 9.15 Å². The second-order valence-electron chi connectivity index (χ2n) is 4.55. The molecule has 3 heteroatoms. The van der Waals surface area contributed by atoms with Gasteiger partial charge >= 0.3 is 0 Å². The first kappa shape index (κ1) is 10.7. The molecular weight excluding hydrogens is 190 g/mol. The summed E-state index contributed by atoms with van der Waals surface area (Å²) in [7, 11) is 0. The van der Waals surface area contributed by atoms with Gasteiger partial charge in [0, 0.05) is 18.8 Å². The zero-order valence-corrected chi connectivity index (χ0v) is 9.51. The SMILES string of the molecule is Cc1ccoc1CNC1(C)CCOCC1. The van der Waals surface area contributed by atoms with E-state index in [9.17, 15) is 0 Å². The molecule has 1 aromatic rings. The van der Waals surface area contributed by atoms with Crippen LogP contribution in [0.25, 0.3) is 0 Å². The van der Waals surface area contributed by atoms with Crippen LogP contribution in [0.2, 0.25) is 0 Å². The molecule has 2 heterocycles. The topological polar surface area (TPSA) is 34.4 Å². The Hall–Kier alpha value is -0.800. The van der Waals surface area contributed by atoms with Crippen LogP contribution in [0.3, 0.4) is 0 Å². The number of hydrogen-bond acceptors (Lipinski definition) is 3. The molecule has 0 saturated carbocycles. The van der Waals surface area contributed by atoms with Gasteiger partial charge in [-0.25, -0.2) is 0 Å². The molecule has 1 N–H and O–H groups in total. The maximum absolute atomic E-state index is 5.41. The molecular formula is C12H19NO2. The third-order valence-electron chi connectivity index (χ3n) is 3.24. The average Bonchev–Trinajstić information content (AvgIpc) is 2.62. The van der Waals surface area contributed by atoms with E-state index in [1.165, 1.54) is 5.56 Å².